The van der Waals surface area contributed by atoms with E-state index < -0.39 is 23.4 Å². The molecular weight excluding hydrogens is 587 g/mol. The number of nitrogens with one attached hydrogen (secondary N) is 2. The first-order chi connectivity index (χ1) is 21.9. The fraction of sp³-hybridized carbons (Fsp3) is 0.371. The number of benzene rings is 3. The topological polar surface area (TPSA) is 107 Å². The molecule has 3 amide bonds. The molecule has 1 saturated heterocycles. The quantitative estimate of drug-likeness (QED) is 0.343. The van der Waals surface area contributed by atoms with Crippen molar-refractivity contribution in [3.63, 3.8) is 0 Å². The number of alkyl carbamates (subject to hydrolysis) is 1. The number of hydrogen-bond donors (Lipinski definition) is 2. The maximum atomic E-state index is 14.0. The zero-order chi connectivity index (χ0) is 33.0. The van der Waals surface area contributed by atoms with Crippen LogP contribution in [0.3, 0.4) is 0 Å². The first-order valence-electron chi connectivity index (χ1n) is 15.4. The SMILES string of the molecule is CN1CCN(CC(=O)N(C)c2ccc(N=C(c3ccc(CNC(=O)OC(C)(C)C)cc3)C3C(=O)Nc4cc(F)ccc43)cc2)CC1. The van der Waals surface area contributed by atoms with Gasteiger partial charge in [0.1, 0.15) is 17.3 Å². The van der Waals surface area contributed by atoms with Crippen LogP contribution in [0.25, 0.3) is 0 Å². The molecule has 1 fully saturated rings. The molecule has 0 radical (unpaired) electrons. The van der Waals surface area contributed by atoms with E-state index in [4.69, 9.17) is 9.73 Å². The summed E-state index contributed by atoms with van der Waals surface area (Å²) in [6.07, 6.45) is -0.514. The second kappa shape index (κ2) is 13.8. The first kappa shape index (κ1) is 32.8. The highest BCUT2D eigenvalue weighted by Crippen LogP contribution is 2.37. The Kier molecular flexibility index (Phi) is 9.83. The molecule has 3 aromatic rings. The average molecular weight is 629 g/mol. The number of carbonyl (C=O) groups is 3. The molecule has 2 N–H and O–H groups in total. The van der Waals surface area contributed by atoms with Crippen LogP contribution in [-0.4, -0.2) is 85.8 Å². The van der Waals surface area contributed by atoms with Crippen LogP contribution >= 0.6 is 0 Å². The highest BCUT2D eigenvalue weighted by Gasteiger charge is 2.35. The van der Waals surface area contributed by atoms with E-state index in [0.717, 1.165) is 37.4 Å². The number of amides is 3. The minimum absolute atomic E-state index is 0.00853. The summed E-state index contributed by atoms with van der Waals surface area (Å²) in [5, 5.41) is 5.54. The molecule has 10 nitrogen and oxygen atoms in total. The largest absolute Gasteiger partial charge is 0.444 e. The number of aliphatic imine (C=N–C) groups is 1. The zero-order valence-electron chi connectivity index (χ0n) is 27.0. The standard InChI is InChI=1S/C35H41FN6O4/c1-35(2,3)46-34(45)37-21-23-6-8-24(9-7-23)32(31-28-15-10-25(36)20-29(28)39-33(31)44)38-26-11-13-27(14-12-26)41(5)30(43)22-42-18-16-40(4)17-19-42/h6-15,20,31H,16-19,21-22H2,1-5H3,(H,37,45)(H,39,44). The Morgan fingerprint density at radius 2 is 1.70 bits per heavy atom. The Morgan fingerprint density at radius 1 is 1.02 bits per heavy atom. The highest BCUT2D eigenvalue weighted by atomic mass is 19.1. The molecule has 0 spiro atoms. The van der Waals surface area contributed by atoms with Gasteiger partial charge >= 0.3 is 6.09 Å². The fourth-order valence-electron chi connectivity index (χ4n) is 5.42. The number of carbonyl (C=O) groups excluding carboxylic acids is 3. The van der Waals surface area contributed by atoms with Crippen LogP contribution in [-0.2, 0) is 20.9 Å². The average Bonchev–Trinajstić information content (AvgIpc) is 3.33. The molecule has 2 heterocycles. The number of nitrogens with zero attached hydrogens (tertiary/aromatic N) is 4. The summed E-state index contributed by atoms with van der Waals surface area (Å²) in [5.41, 5.74) is 3.79. The summed E-state index contributed by atoms with van der Waals surface area (Å²) < 4.78 is 19.3. The Balaban J connectivity index is 1.38. The molecule has 2 aliphatic rings. The Morgan fingerprint density at radius 3 is 2.35 bits per heavy atom. The predicted octanol–water partition coefficient (Wildman–Crippen LogP) is 4.92. The fourth-order valence-corrected chi connectivity index (χ4v) is 5.42. The van der Waals surface area contributed by atoms with Gasteiger partial charge in [0, 0.05) is 51.1 Å². The molecule has 46 heavy (non-hydrogen) atoms. The van der Waals surface area contributed by atoms with Gasteiger partial charge in [0.25, 0.3) is 0 Å². The van der Waals surface area contributed by atoms with Crippen LogP contribution in [0.1, 0.15) is 43.4 Å². The molecule has 11 heteroatoms. The lowest BCUT2D eigenvalue weighted by Crippen LogP contribution is -2.48. The third kappa shape index (κ3) is 8.15. The van der Waals surface area contributed by atoms with Crippen LogP contribution in [0.5, 0.6) is 0 Å². The van der Waals surface area contributed by atoms with E-state index in [0.29, 0.717) is 34.8 Å². The van der Waals surface area contributed by atoms with Crippen molar-refractivity contribution in [2.45, 2.75) is 38.8 Å². The second-order valence-electron chi connectivity index (χ2n) is 12.8. The van der Waals surface area contributed by atoms with Crippen molar-refractivity contribution in [3.8, 4) is 0 Å². The van der Waals surface area contributed by atoms with Crippen molar-refractivity contribution in [1.82, 2.24) is 15.1 Å². The van der Waals surface area contributed by atoms with Crippen LogP contribution < -0.4 is 15.5 Å². The van der Waals surface area contributed by atoms with Crippen LogP contribution in [0.2, 0.25) is 0 Å². The Labute approximate surface area is 269 Å². The van der Waals surface area contributed by atoms with Crippen LogP contribution in [0.4, 0.5) is 26.2 Å². The molecule has 0 aliphatic carbocycles. The number of fused-ring (bicyclic) bond motifs is 1. The third-order valence-corrected chi connectivity index (χ3v) is 8.02. The molecule has 2 aliphatic heterocycles. The van der Waals surface area contributed by atoms with E-state index in [2.05, 4.69) is 27.5 Å². The van der Waals surface area contributed by atoms with Crippen molar-refractivity contribution < 1.29 is 23.5 Å². The number of anilines is 2. The summed E-state index contributed by atoms with van der Waals surface area (Å²) >= 11 is 0. The van der Waals surface area contributed by atoms with Crippen molar-refractivity contribution in [1.29, 1.82) is 0 Å². The van der Waals surface area contributed by atoms with Gasteiger partial charge in [-0.25, -0.2) is 9.18 Å². The molecule has 3 aromatic carbocycles. The highest BCUT2D eigenvalue weighted by molar-refractivity contribution is 6.24. The number of rotatable bonds is 8. The molecule has 5 rings (SSSR count). The van der Waals surface area contributed by atoms with Crippen molar-refractivity contribution in [3.05, 3.63) is 89.2 Å². The Bertz CT molecular complexity index is 1610. The van der Waals surface area contributed by atoms with Crippen LogP contribution in [0, 0.1) is 5.82 Å². The lowest BCUT2D eigenvalue weighted by atomic mass is 9.90. The molecule has 0 aromatic heterocycles. The number of hydrogen-bond acceptors (Lipinski definition) is 7. The van der Waals surface area contributed by atoms with Gasteiger partial charge in [0.2, 0.25) is 11.8 Å². The minimum Gasteiger partial charge on any atom is -0.444 e. The summed E-state index contributed by atoms with van der Waals surface area (Å²) in [7, 11) is 3.85. The lowest BCUT2D eigenvalue weighted by Gasteiger charge is -2.32. The zero-order valence-corrected chi connectivity index (χ0v) is 27.0. The van der Waals surface area contributed by atoms with E-state index in [9.17, 15) is 18.8 Å². The lowest BCUT2D eigenvalue weighted by molar-refractivity contribution is -0.120. The van der Waals surface area contributed by atoms with Gasteiger partial charge in [-0.2, -0.15) is 0 Å². The number of halogens is 1. The van der Waals surface area contributed by atoms with E-state index in [1.54, 1.807) is 38.8 Å². The van der Waals surface area contributed by atoms with Gasteiger partial charge < -0.3 is 25.2 Å². The van der Waals surface area contributed by atoms with Crippen LogP contribution in [0.15, 0.2) is 71.7 Å². The van der Waals surface area contributed by atoms with E-state index in [1.165, 1.54) is 12.1 Å². The maximum Gasteiger partial charge on any atom is 0.407 e. The molecule has 242 valence electrons. The molecule has 1 unspecified atom stereocenters. The Hall–Kier alpha value is -4.61. The third-order valence-electron chi connectivity index (χ3n) is 8.02. The maximum absolute atomic E-state index is 14.0. The van der Waals surface area contributed by atoms with E-state index >= 15 is 0 Å². The molecule has 1 atom stereocenters. The minimum atomic E-state index is -0.770. The molecule has 0 saturated carbocycles. The number of likely N-dealkylation sites (N-methyl/N-ethyl adjacent to an activating group) is 2. The second-order valence-corrected chi connectivity index (χ2v) is 12.8. The van der Waals surface area contributed by atoms with E-state index in [1.807, 2.05) is 48.5 Å². The van der Waals surface area contributed by atoms with Gasteiger partial charge in [0.05, 0.1) is 17.9 Å². The number of piperazine rings is 1. The summed E-state index contributed by atoms with van der Waals surface area (Å²) in [4.78, 5) is 49.4. The monoisotopic (exact) mass is 628 g/mol. The van der Waals surface area contributed by atoms with Gasteiger partial charge in [-0.3, -0.25) is 19.5 Å². The number of ether oxygens (including phenoxy) is 1. The van der Waals surface area contributed by atoms with Crippen molar-refractivity contribution in [2.24, 2.45) is 4.99 Å². The summed E-state index contributed by atoms with van der Waals surface area (Å²) in [6.45, 7) is 9.62. The molecule has 0 bridgehead atoms. The van der Waals surface area contributed by atoms with Crippen molar-refractivity contribution in [2.75, 3.05) is 57.0 Å². The first-order valence-corrected chi connectivity index (χ1v) is 15.4. The van der Waals surface area contributed by atoms with Gasteiger partial charge in [0.15, 0.2) is 0 Å². The van der Waals surface area contributed by atoms with Gasteiger partial charge in [-0.1, -0.05) is 30.3 Å². The van der Waals surface area contributed by atoms with Gasteiger partial charge in [-0.05, 0) is 80.9 Å². The smallest absolute Gasteiger partial charge is 0.407 e. The van der Waals surface area contributed by atoms with Gasteiger partial charge in [-0.15, -0.1) is 0 Å². The summed E-state index contributed by atoms with van der Waals surface area (Å²) in [5.74, 6) is -1.51. The predicted molar refractivity (Wildman–Crippen MR) is 177 cm³/mol. The van der Waals surface area contributed by atoms with Crippen molar-refractivity contribution >= 4 is 40.7 Å². The normalized spacial score (nSPS) is 17.3. The van der Waals surface area contributed by atoms with E-state index in [-0.39, 0.29) is 18.4 Å². The molecular formula is C35H41FN6O4. The summed E-state index contributed by atoms with van der Waals surface area (Å²) in [6, 6.07) is 18.9.